The summed E-state index contributed by atoms with van der Waals surface area (Å²) in [5.74, 6) is 0.504. The molecule has 1 aliphatic heterocycles. The minimum Gasteiger partial charge on any atom is -0.397 e. The normalized spacial score (nSPS) is 14.9. The van der Waals surface area contributed by atoms with Crippen molar-refractivity contribution in [3.63, 3.8) is 0 Å². The highest BCUT2D eigenvalue weighted by Gasteiger charge is 2.15. The topological polar surface area (TPSA) is 95.6 Å². The number of nitrogens with zero attached hydrogens (tertiary/aromatic N) is 3. The highest BCUT2D eigenvalue weighted by Crippen LogP contribution is 2.22. The number of thiazole rings is 1. The molecular formula is C22H28N6OS. The number of aromatic nitrogens is 1. The number of aliphatic imine (C=N–C) groups is 1. The van der Waals surface area contributed by atoms with E-state index in [9.17, 15) is 4.79 Å². The Bertz CT molecular complexity index is 955. The molecule has 3 rings (SSSR count). The zero-order chi connectivity index (χ0) is 21.5. The van der Waals surface area contributed by atoms with Crippen LogP contribution in [0.2, 0.25) is 0 Å². The molecule has 30 heavy (non-hydrogen) atoms. The molecule has 1 saturated heterocycles. The molecule has 4 N–H and O–H groups in total. The number of carbonyl (C=O) groups excluding carboxylic acids is 1. The van der Waals surface area contributed by atoms with Gasteiger partial charge in [0.05, 0.1) is 27.8 Å². The Labute approximate surface area is 181 Å². The average Bonchev–Trinajstić information content (AvgIpc) is 3.32. The Kier molecular flexibility index (Phi) is 7.37. The maximum atomic E-state index is 12.1. The molecule has 1 amide bonds. The highest BCUT2D eigenvalue weighted by molar-refractivity contribution is 7.12. The fraction of sp³-hybridized carbons (Fsp3) is 0.318. The first kappa shape index (κ1) is 21.7. The molecule has 1 aromatic carbocycles. The van der Waals surface area contributed by atoms with E-state index in [1.807, 2.05) is 38.1 Å². The van der Waals surface area contributed by atoms with Gasteiger partial charge < -0.3 is 16.4 Å². The summed E-state index contributed by atoms with van der Waals surface area (Å²) in [6.45, 7) is 10.3. The zero-order valence-electron chi connectivity index (χ0n) is 17.4. The maximum absolute atomic E-state index is 12.1. The van der Waals surface area contributed by atoms with E-state index in [0.29, 0.717) is 18.1 Å². The third-order valence-corrected chi connectivity index (χ3v) is 5.80. The van der Waals surface area contributed by atoms with Gasteiger partial charge in [-0.15, -0.1) is 11.3 Å². The standard InChI is InChI=1S/C22H28N6OS/c1-15-22(30-17(3)25-15)20(23)10-11-24-16(2)26-18-6-8-19(9-7-18)27-21(29)14-28-12-4-5-13-28/h6-11,26H,2,4-5,12-14,23H2,1,3H3,(H,27,29)/b20-10-,24-11-. The van der Waals surface area contributed by atoms with E-state index in [1.54, 1.807) is 23.6 Å². The van der Waals surface area contributed by atoms with Crippen LogP contribution in [0.5, 0.6) is 0 Å². The van der Waals surface area contributed by atoms with E-state index >= 15 is 0 Å². The van der Waals surface area contributed by atoms with E-state index in [1.165, 1.54) is 12.8 Å². The van der Waals surface area contributed by atoms with Crippen molar-refractivity contribution in [3.8, 4) is 0 Å². The van der Waals surface area contributed by atoms with E-state index < -0.39 is 0 Å². The first-order valence-electron chi connectivity index (χ1n) is 9.93. The molecule has 158 valence electrons. The van der Waals surface area contributed by atoms with E-state index in [4.69, 9.17) is 5.73 Å². The van der Waals surface area contributed by atoms with Crippen LogP contribution < -0.4 is 16.4 Å². The largest absolute Gasteiger partial charge is 0.397 e. The second kappa shape index (κ2) is 10.2. The van der Waals surface area contributed by atoms with Gasteiger partial charge >= 0.3 is 0 Å². The molecule has 2 aromatic rings. The SMILES string of the molecule is C=C(/N=C\C=C(/N)c1sc(C)nc1C)Nc1ccc(NC(=O)CN2CCCC2)cc1. The lowest BCUT2D eigenvalue weighted by atomic mass is 10.2. The van der Waals surface area contributed by atoms with Crippen molar-refractivity contribution < 1.29 is 4.79 Å². The number of carbonyl (C=O) groups is 1. The van der Waals surface area contributed by atoms with Gasteiger partial charge in [-0.3, -0.25) is 9.69 Å². The van der Waals surface area contributed by atoms with Crippen LogP contribution in [0, 0.1) is 13.8 Å². The minimum atomic E-state index is 0.0161. The number of nitrogens with two attached hydrogens (primary N) is 1. The van der Waals surface area contributed by atoms with Crippen LogP contribution >= 0.6 is 11.3 Å². The van der Waals surface area contributed by atoms with Gasteiger partial charge in [-0.05, 0) is 70.1 Å². The lowest BCUT2D eigenvalue weighted by Crippen LogP contribution is -2.30. The number of rotatable bonds is 8. The van der Waals surface area contributed by atoms with Gasteiger partial charge in [0.2, 0.25) is 5.91 Å². The molecule has 0 radical (unpaired) electrons. The van der Waals surface area contributed by atoms with Crippen molar-refractivity contribution in [2.75, 3.05) is 30.3 Å². The summed E-state index contributed by atoms with van der Waals surface area (Å²) in [5, 5.41) is 7.03. The molecule has 1 fully saturated rings. The van der Waals surface area contributed by atoms with Crippen molar-refractivity contribution in [2.45, 2.75) is 26.7 Å². The molecule has 0 atom stereocenters. The highest BCUT2D eigenvalue weighted by atomic mass is 32.1. The van der Waals surface area contributed by atoms with Gasteiger partial charge in [-0.1, -0.05) is 6.58 Å². The Hall–Kier alpha value is -2.97. The van der Waals surface area contributed by atoms with Gasteiger partial charge in [0, 0.05) is 17.6 Å². The molecule has 8 heteroatoms. The Morgan fingerprint density at radius 3 is 2.47 bits per heavy atom. The molecule has 2 heterocycles. The van der Waals surface area contributed by atoms with E-state index in [-0.39, 0.29) is 5.91 Å². The predicted octanol–water partition coefficient (Wildman–Crippen LogP) is 3.75. The first-order chi connectivity index (χ1) is 14.4. The van der Waals surface area contributed by atoms with E-state index in [2.05, 4.69) is 32.1 Å². The predicted molar refractivity (Wildman–Crippen MR) is 126 cm³/mol. The summed E-state index contributed by atoms with van der Waals surface area (Å²) >= 11 is 1.56. The lowest BCUT2D eigenvalue weighted by Gasteiger charge is -2.14. The summed E-state index contributed by atoms with van der Waals surface area (Å²) in [6, 6.07) is 7.46. The van der Waals surface area contributed by atoms with Gasteiger partial charge in [0.25, 0.3) is 0 Å². The van der Waals surface area contributed by atoms with Gasteiger partial charge in [-0.25, -0.2) is 9.98 Å². The van der Waals surface area contributed by atoms with Crippen molar-refractivity contribution in [1.82, 2.24) is 9.88 Å². The third kappa shape index (κ3) is 6.27. The smallest absolute Gasteiger partial charge is 0.238 e. The molecule has 0 aliphatic carbocycles. The number of aryl methyl sites for hydroxylation is 2. The monoisotopic (exact) mass is 424 g/mol. The maximum Gasteiger partial charge on any atom is 0.238 e. The fourth-order valence-electron chi connectivity index (χ4n) is 3.26. The number of hydrogen-bond donors (Lipinski definition) is 3. The van der Waals surface area contributed by atoms with Crippen LogP contribution in [-0.2, 0) is 4.79 Å². The van der Waals surface area contributed by atoms with Crippen LogP contribution in [0.1, 0.15) is 28.4 Å². The second-order valence-corrected chi connectivity index (χ2v) is 8.43. The number of amides is 1. The van der Waals surface area contributed by atoms with Crippen LogP contribution in [0.25, 0.3) is 5.70 Å². The van der Waals surface area contributed by atoms with Crippen LogP contribution in [0.4, 0.5) is 11.4 Å². The summed E-state index contributed by atoms with van der Waals surface area (Å²) in [7, 11) is 0. The summed E-state index contributed by atoms with van der Waals surface area (Å²) < 4.78 is 0. The quantitative estimate of drug-likeness (QED) is 0.561. The number of hydrogen-bond acceptors (Lipinski definition) is 7. The number of anilines is 2. The molecule has 7 nitrogen and oxygen atoms in total. The van der Waals surface area contributed by atoms with Crippen LogP contribution in [-0.4, -0.2) is 41.6 Å². The lowest BCUT2D eigenvalue weighted by molar-refractivity contribution is -0.117. The van der Waals surface area contributed by atoms with Crippen molar-refractivity contribution in [1.29, 1.82) is 0 Å². The first-order valence-corrected chi connectivity index (χ1v) is 10.7. The minimum absolute atomic E-state index is 0.0161. The summed E-state index contributed by atoms with van der Waals surface area (Å²) in [4.78, 5) is 23.9. The average molecular weight is 425 g/mol. The fourth-order valence-corrected chi connectivity index (χ4v) is 4.12. The number of nitrogens with one attached hydrogen (secondary N) is 2. The van der Waals surface area contributed by atoms with Gasteiger partial charge in [0.1, 0.15) is 5.82 Å². The summed E-state index contributed by atoms with van der Waals surface area (Å²) in [6.07, 6.45) is 5.71. The second-order valence-electron chi connectivity index (χ2n) is 7.23. The number of benzene rings is 1. The van der Waals surface area contributed by atoms with Crippen LogP contribution in [0.3, 0.4) is 0 Å². The van der Waals surface area contributed by atoms with Gasteiger partial charge in [-0.2, -0.15) is 0 Å². The Balaban J connectivity index is 1.49. The molecule has 1 aliphatic rings. The zero-order valence-corrected chi connectivity index (χ0v) is 18.3. The Morgan fingerprint density at radius 2 is 1.87 bits per heavy atom. The molecular weight excluding hydrogens is 396 g/mol. The number of allylic oxidation sites excluding steroid dienone is 1. The molecule has 0 spiro atoms. The number of likely N-dealkylation sites (tertiary alicyclic amines) is 1. The van der Waals surface area contributed by atoms with E-state index in [0.717, 1.165) is 40.0 Å². The molecule has 0 saturated carbocycles. The molecule has 1 aromatic heterocycles. The van der Waals surface area contributed by atoms with Gasteiger partial charge in [0.15, 0.2) is 0 Å². The molecule has 0 unspecified atom stereocenters. The third-order valence-electron chi connectivity index (χ3n) is 4.67. The van der Waals surface area contributed by atoms with Crippen LogP contribution in [0.15, 0.2) is 47.7 Å². The van der Waals surface area contributed by atoms with Crippen molar-refractivity contribution in [2.24, 2.45) is 10.7 Å². The summed E-state index contributed by atoms with van der Waals surface area (Å²) in [5.41, 5.74) is 9.26. The molecule has 0 bridgehead atoms. The van der Waals surface area contributed by atoms with Crippen molar-refractivity contribution >= 4 is 40.5 Å². The Morgan fingerprint density at radius 1 is 1.23 bits per heavy atom. The van der Waals surface area contributed by atoms with Crippen molar-refractivity contribution in [3.05, 3.63) is 58.3 Å².